The zero-order chi connectivity index (χ0) is 10.7. The monoisotopic (exact) mass is 207 g/mol. The molecule has 0 spiro atoms. The quantitative estimate of drug-likeness (QED) is 0.823. The molecule has 3 heteroatoms. The molecule has 1 aliphatic heterocycles. The summed E-state index contributed by atoms with van der Waals surface area (Å²) in [6.45, 7) is 5.58. The van der Waals surface area contributed by atoms with Crippen LogP contribution in [-0.2, 0) is 4.74 Å². The standard InChI is InChI=1S/C12H17NO2/c1-3-14-11-6-4-5-10(7-11)12-8-13-9(2)15-12/h4-7,9,12-13H,3,8H2,1-2H3. The third-order valence-corrected chi connectivity index (χ3v) is 2.50. The Morgan fingerprint density at radius 2 is 2.40 bits per heavy atom. The molecule has 2 unspecified atom stereocenters. The summed E-state index contributed by atoms with van der Waals surface area (Å²) in [7, 11) is 0. The molecular formula is C12H17NO2. The smallest absolute Gasteiger partial charge is 0.119 e. The topological polar surface area (TPSA) is 30.5 Å². The van der Waals surface area contributed by atoms with Crippen molar-refractivity contribution in [2.45, 2.75) is 26.2 Å². The highest BCUT2D eigenvalue weighted by Crippen LogP contribution is 2.25. The van der Waals surface area contributed by atoms with Gasteiger partial charge in [-0.1, -0.05) is 12.1 Å². The van der Waals surface area contributed by atoms with Gasteiger partial charge in [-0.15, -0.1) is 0 Å². The van der Waals surface area contributed by atoms with Gasteiger partial charge in [-0.3, -0.25) is 5.32 Å². The fraction of sp³-hybridized carbons (Fsp3) is 0.500. The van der Waals surface area contributed by atoms with E-state index in [4.69, 9.17) is 9.47 Å². The maximum atomic E-state index is 5.71. The van der Waals surface area contributed by atoms with E-state index in [1.165, 1.54) is 5.56 Å². The van der Waals surface area contributed by atoms with Gasteiger partial charge in [0.2, 0.25) is 0 Å². The van der Waals surface area contributed by atoms with Crippen molar-refractivity contribution in [3.63, 3.8) is 0 Å². The molecule has 0 bridgehead atoms. The van der Waals surface area contributed by atoms with Crippen LogP contribution in [0.4, 0.5) is 0 Å². The number of hydrogen-bond donors (Lipinski definition) is 1. The lowest BCUT2D eigenvalue weighted by Gasteiger charge is -2.11. The Labute approximate surface area is 90.4 Å². The fourth-order valence-electron chi connectivity index (χ4n) is 1.78. The van der Waals surface area contributed by atoms with Gasteiger partial charge >= 0.3 is 0 Å². The summed E-state index contributed by atoms with van der Waals surface area (Å²) in [4.78, 5) is 0. The zero-order valence-corrected chi connectivity index (χ0v) is 9.19. The van der Waals surface area contributed by atoms with E-state index in [1.807, 2.05) is 32.0 Å². The minimum atomic E-state index is 0.144. The lowest BCUT2D eigenvalue weighted by molar-refractivity contribution is 0.0528. The van der Waals surface area contributed by atoms with Crippen LogP contribution in [0.3, 0.4) is 0 Å². The number of benzene rings is 1. The van der Waals surface area contributed by atoms with Crippen molar-refractivity contribution in [3.05, 3.63) is 29.8 Å². The molecule has 1 N–H and O–H groups in total. The van der Waals surface area contributed by atoms with Crippen LogP contribution < -0.4 is 10.1 Å². The van der Waals surface area contributed by atoms with Gasteiger partial charge in [-0.05, 0) is 31.5 Å². The summed E-state index contributed by atoms with van der Waals surface area (Å²) in [6, 6.07) is 8.10. The first-order valence-electron chi connectivity index (χ1n) is 5.41. The molecule has 82 valence electrons. The summed E-state index contributed by atoms with van der Waals surface area (Å²) in [5.41, 5.74) is 1.18. The molecule has 15 heavy (non-hydrogen) atoms. The molecule has 1 fully saturated rings. The summed E-state index contributed by atoms with van der Waals surface area (Å²) in [6.07, 6.45) is 0.297. The van der Waals surface area contributed by atoms with Crippen LogP contribution in [0.25, 0.3) is 0 Å². The minimum absolute atomic E-state index is 0.144. The molecule has 1 aromatic rings. The number of hydrogen-bond acceptors (Lipinski definition) is 3. The molecule has 0 amide bonds. The first kappa shape index (κ1) is 10.5. The van der Waals surface area contributed by atoms with Crippen LogP contribution in [0, 0.1) is 0 Å². The molecule has 2 atom stereocenters. The SMILES string of the molecule is CCOc1cccc(C2CNC(C)O2)c1. The minimum Gasteiger partial charge on any atom is -0.494 e. The van der Waals surface area contributed by atoms with E-state index in [2.05, 4.69) is 11.4 Å². The van der Waals surface area contributed by atoms with Crippen molar-refractivity contribution in [2.24, 2.45) is 0 Å². The molecule has 0 aromatic heterocycles. The van der Waals surface area contributed by atoms with E-state index in [1.54, 1.807) is 0 Å². The van der Waals surface area contributed by atoms with Crippen LogP contribution in [0.5, 0.6) is 5.75 Å². The van der Waals surface area contributed by atoms with Crippen LogP contribution in [0.1, 0.15) is 25.5 Å². The Kier molecular flexibility index (Phi) is 3.23. The van der Waals surface area contributed by atoms with Crippen molar-refractivity contribution in [3.8, 4) is 5.75 Å². The number of rotatable bonds is 3. The van der Waals surface area contributed by atoms with Gasteiger partial charge < -0.3 is 9.47 Å². The highest BCUT2D eigenvalue weighted by Gasteiger charge is 2.22. The molecule has 1 aromatic carbocycles. The zero-order valence-electron chi connectivity index (χ0n) is 9.19. The van der Waals surface area contributed by atoms with Crippen molar-refractivity contribution in [1.29, 1.82) is 0 Å². The van der Waals surface area contributed by atoms with Crippen molar-refractivity contribution >= 4 is 0 Å². The highest BCUT2D eigenvalue weighted by atomic mass is 16.5. The first-order chi connectivity index (χ1) is 7.29. The summed E-state index contributed by atoms with van der Waals surface area (Å²) in [5, 5.41) is 3.26. The van der Waals surface area contributed by atoms with Crippen LogP contribution in [0.15, 0.2) is 24.3 Å². The van der Waals surface area contributed by atoms with Gasteiger partial charge in [0, 0.05) is 6.54 Å². The average Bonchev–Trinajstić information content (AvgIpc) is 2.66. The second-order valence-electron chi connectivity index (χ2n) is 3.68. The largest absolute Gasteiger partial charge is 0.494 e. The molecule has 0 saturated carbocycles. The van der Waals surface area contributed by atoms with Gasteiger partial charge in [0.15, 0.2) is 0 Å². The van der Waals surface area contributed by atoms with Crippen molar-refractivity contribution < 1.29 is 9.47 Å². The van der Waals surface area contributed by atoms with Gasteiger partial charge in [0.05, 0.1) is 12.7 Å². The third kappa shape index (κ3) is 2.49. The summed E-state index contributed by atoms with van der Waals surface area (Å²) in [5.74, 6) is 0.915. The van der Waals surface area contributed by atoms with E-state index < -0.39 is 0 Å². The Morgan fingerprint density at radius 3 is 3.07 bits per heavy atom. The molecule has 3 nitrogen and oxygen atoms in total. The van der Waals surface area contributed by atoms with Gasteiger partial charge in [0.25, 0.3) is 0 Å². The highest BCUT2D eigenvalue weighted by molar-refractivity contribution is 5.30. The fourth-order valence-corrected chi connectivity index (χ4v) is 1.78. The van der Waals surface area contributed by atoms with E-state index >= 15 is 0 Å². The van der Waals surface area contributed by atoms with Crippen LogP contribution in [0.2, 0.25) is 0 Å². The maximum Gasteiger partial charge on any atom is 0.119 e. The van der Waals surface area contributed by atoms with Gasteiger partial charge in [-0.25, -0.2) is 0 Å². The van der Waals surface area contributed by atoms with E-state index in [-0.39, 0.29) is 12.3 Å². The Bertz CT molecular complexity index is 327. The second-order valence-corrected chi connectivity index (χ2v) is 3.68. The Balaban J connectivity index is 2.10. The predicted octanol–water partition coefficient (Wildman–Crippen LogP) is 2.09. The van der Waals surface area contributed by atoms with Gasteiger partial charge in [-0.2, -0.15) is 0 Å². The molecule has 0 radical (unpaired) electrons. The van der Waals surface area contributed by atoms with Gasteiger partial charge in [0.1, 0.15) is 12.0 Å². The summed E-state index contributed by atoms with van der Waals surface area (Å²) < 4.78 is 11.2. The molecule has 0 aliphatic carbocycles. The lowest BCUT2D eigenvalue weighted by atomic mass is 10.1. The normalized spacial score (nSPS) is 25.5. The first-order valence-corrected chi connectivity index (χ1v) is 5.41. The summed E-state index contributed by atoms with van der Waals surface area (Å²) >= 11 is 0. The Morgan fingerprint density at radius 1 is 1.53 bits per heavy atom. The molecule has 1 aliphatic rings. The molecule has 1 saturated heterocycles. The van der Waals surface area contributed by atoms with Crippen LogP contribution in [-0.4, -0.2) is 19.4 Å². The molecular weight excluding hydrogens is 190 g/mol. The molecule has 1 heterocycles. The van der Waals surface area contributed by atoms with E-state index in [0.29, 0.717) is 6.61 Å². The average molecular weight is 207 g/mol. The van der Waals surface area contributed by atoms with E-state index in [0.717, 1.165) is 12.3 Å². The second kappa shape index (κ2) is 4.64. The third-order valence-electron chi connectivity index (χ3n) is 2.50. The van der Waals surface area contributed by atoms with Crippen molar-refractivity contribution in [2.75, 3.05) is 13.2 Å². The maximum absolute atomic E-state index is 5.71. The Hall–Kier alpha value is -1.06. The number of nitrogens with one attached hydrogen (secondary N) is 1. The van der Waals surface area contributed by atoms with Crippen LogP contribution >= 0.6 is 0 Å². The van der Waals surface area contributed by atoms with E-state index in [9.17, 15) is 0 Å². The lowest BCUT2D eigenvalue weighted by Crippen LogP contribution is -2.17. The van der Waals surface area contributed by atoms with Crippen molar-refractivity contribution in [1.82, 2.24) is 5.32 Å². The number of ether oxygens (including phenoxy) is 2. The predicted molar refractivity (Wildman–Crippen MR) is 58.9 cm³/mol. The molecule has 2 rings (SSSR count).